The van der Waals surface area contributed by atoms with Gasteiger partial charge in [-0.05, 0) is 30.7 Å². The van der Waals surface area contributed by atoms with Crippen molar-refractivity contribution in [3.8, 4) is 12.1 Å². The van der Waals surface area contributed by atoms with Gasteiger partial charge in [0.25, 0.3) is 0 Å². The van der Waals surface area contributed by atoms with Crippen LogP contribution in [0, 0.1) is 22.7 Å². The first-order valence-electron chi connectivity index (χ1n) is 8.99. The van der Waals surface area contributed by atoms with Crippen molar-refractivity contribution >= 4 is 17.0 Å². The summed E-state index contributed by atoms with van der Waals surface area (Å²) in [6.45, 7) is 1.27. The first kappa shape index (κ1) is 17.9. The van der Waals surface area contributed by atoms with Gasteiger partial charge in [-0.15, -0.1) is 0 Å². The Bertz CT molecular complexity index is 1090. The number of rotatable bonds is 3. The van der Waals surface area contributed by atoms with Crippen LogP contribution in [0.4, 0.5) is 10.3 Å². The van der Waals surface area contributed by atoms with Crippen LogP contribution in [0.15, 0.2) is 36.5 Å². The average molecular weight is 375 g/mol. The molecule has 0 radical (unpaired) electrons. The highest BCUT2D eigenvalue weighted by atomic mass is 19.1. The van der Waals surface area contributed by atoms with E-state index in [1.165, 1.54) is 6.20 Å². The lowest BCUT2D eigenvalue weighted by Gasteiger charge is -2.34. The molecule has 2 aromatic heterocycles. The molecule has 2 N–H and O–H groups in total. The number of nitrogens with zero attached hydrogens (tertiary/aromatic N) is 6. The molecule has 0 aliphatic carbocycles. The molecule has 1 aliphatic rings. The lowest BCUT2D eigenvalue weighted by molar-refractivity contribution is 0.243. The third-order valence-electron chi connectivity index (χ3n) is 5.01. The summed E-state index contributed by atoms with van der Waals surface area (Å²) in [6, 6.07) is 12.6. The van der Waals surface area contributed by atoms with Gasteiger partial charge in [0.05, 0.1) is 34.9 Å². The van der Waals surface area contributed by atoms with Gasteiger partial charge in [0.1, 0.15) is 23.8 Å². The highest BCUT2D eigenvalue weighted by molar-refractivity contribution is 5.84. The fraction of sp³-hybridized carbons (Fsp3) is 0.300. The third kappa shape index (κ3) is 3.15. The van der Waals surface area contributed by atoms with Crippen LogP contribution in [0.25, 0.3) is 11.0 Å². The molecule has 3 heterocycles. The summed E-state index contributed by atoms with van der Waals surface area (Å²) >= 11 is 0. The van der Waals surface area contributed by atoms with Gasteiger partial charge < -0.3 is 15.2 Å². The number of nitrogens with two attached hydrogens (primary N) is 1. The number of pyridine rings is 1. The maximum atomic E-state index is 13.8. The van der Waals surface area contributed by atoms with Gasteiger partial charge in [-0.1, -0.05) is 6.07 Å². The van der Waals surface area contributed by atoms with Crippen LogP contribution < -0.4 is 10.6 Å². The summed E-state index contributed by atoms with van der Waals surface area (Å²) in [6.07, 6.45) is 0.841. The van der Waals surface area contributed by atoms with Crippen molar-refractivity contribution in [3.05, 3.63) is 53.3 Å². The Balaban J connectivity index is 1.80. The molecule has 0 spiro atoms. The Morgan fingerprint density at radius 1 is 1.21 bits per heavy atom. The summed E-state index contributed by atoms with van der Waals surface area (Å²) in [5.74, 6) is 0.645. The topological polar surface area (TPSA) is 108 Å². The number of imidazole rings is 1. The van der Waals surface area contributed by atoms with Crippen LogP contribution in [0.5, 0.6) is 0 Å². The number of hydrogen-bond acceptors (Lipinski definition) is 6. The van der Waals surface area contributed by atoms with E-state index in [-0.39, 0.29) is 0 Å². The molecule has 1 fully saturated rings. The van der Waals surface area contributed by atoms with Crippen molar-refractivity contribution in [3.63, 3.8) is 0 Å². The van der Waals surface area contributed by atoms with E-state index in [4.69, 9.17) is 16.0 Å². The smallest absolute Gasteiger partial charge is 0.207 e. The highest BCUT2D eigenvalue weighted by Crippen LogP contribution is 2.28. The van der Waals surface area contributed by atoms with E-state index < -0.39 is 12.2 Å². The highest BCUT2D eigenvalue weighted by Gasteiger charge is 2.29. The van der Waals surface area contributed by atoms with E-state index in [9.17, 15) is 9.65 Å². The molecule has 4 rings (SSSR count). The lowest BCUT2D eigenvalue weighted by Crippen LogP contribution is -2.50. The fourth-order valence-electron chi connectivity index (χ4n) is 3.50. The summed E-state index contributed by atoms with van der Waals surface area (Å²) in [5.41, 5.74) is 9.07. The number of para-hydroxylation sites is 1. The molecule has 0 unspecified atom stereocenters. The van der Waals surface area contributed by atoms with Crippen LogP contribution in [0.3, 0.4) is 0 Å². The summed E-state index contributed by atoms with van der Waals surface area (Å²) in [7, 11) is 0. The summed E-state index contributed by atoms with van der Waals surface area (Å²) < 4.78 is 15.8. The molecule has 1 saturated heterocycles. The minimum Gasteiger partial charge on any atom is -0.340 e. The molecule has 1 aliphatic heterocycles. The van der Waals surface area contributed by atoms with Gasteiger partial charge in [0.2, 0.25) is 5.95 Å². The number of aromatic nitrogens is 3. The molecule has 3 aromatic rings. The number of hydrogen-bond donors (Lipinski definition) is 1. The molecule has 7 nitrogen and oxygen atoms in total. The van der Waals surface area contributed by atoms with Crippen molar-refractivity contribution in [2.45, 2.75) is 25.2 Å². The molecule has 0 saturated carbocycles. The standard InChI is InChI=1S/C20H18FN7/c21-16-6-7-27(12-17(16)24)20-26-19-14(9-23)2-1-3-18(19)28(20)11-15-5-4-13(8-22)10-25-15/h1-5,10,16-17H,6-7,11-12,24H2/t16-,17-/m1/s1. The second-order valence-electron chi connectivity index (χ2n) is 6.85. The fourth-order valence-corrected chi connectivity index (χ4v) is 3.50. The number of alkyl halides is 1. The molecular weight excluding hydrogens is 357 g/mol. The predicted molar refractivity (Wildman–Crippen MR) is 102 cm³/mol. The molecule has 8 heteroatoms. The van der Waals surface area contributed by atoms with Crippen LogP contribution >= 0.6 is 0 Å². The zero-order chi connectivity index (χ0) is 19.7. The van der Waals surface area contributed by atoms with Crippen molar-refractivity contribution in [1.82, 2.24) is 14.5 Å². The largest absolute Gasteiger partial charge is 0.340 e. The van der Waals surface area contributed by atoms with Gasteiger partial charge in [-0.25, -0.2) is 9.37 Å². The quantitative estimate of drug-likeness (QED) is 0.751. The second-order valence-corrected chi connectivity index (χ2v) is 6.85. The Labute approximate surface area is 161 Å². The predicted octanol–water partition coefficient (Wildman–Crippen LogP) is 2.10. The SMILES string of the molecule is N#Cc1ccc(Cn2c(N3CC[C@@H](F)[C@H](N)C3)nc3c(C#N)cccc32)nc1. The first-order chi connectivity index (χ1) is 13.6. The number of halogens is 1. The summed E-state index contributed by atoms with van der Waals surface area (Å²) in [5, 5.41) is 18.4. The van der Waals surface area contributed by atoms with E-state index in [1.807, 2.05) is 21.6 Å². The number of fused-ring (bicyclic) bond motifs is 1. The number of piperidine rings is 1. The van der Waals surface area contributed by atoms with Crippen LogP contribution in [0.1, 0.15) is 23.2 Å². The van der Waals surface area contributed by atoms with Gasteiger partial charge >= 0.3 is 0 Å². The number of nitriles is 2. The normalized spacial score (nSPS) is 19.4. The van der Waals surface area contributed by atoms with Crippen molar-refractivity contribution < 1.29 is 4.39 Å². The van der Waals surface area contributed by atoms with Gasteiger partial charge in [-0.2, -0.15) is 10.5 Å². The zero-order valence-electron chi connectivity index (χ0n) is 15.1. The summed E-state index contributed by atoms with van der Waals surface area (Å²) in [4.78, 5) is 11.0. The lowest BCUT2D eigenvalue weighted by atomic mass is 10.1. The van der Waals surface area contributed by atoms with E-state index >= 15 is 0 Å². The maximum Gasteiger partial charge on any atom is 0.207 e. The van der Waals surface area contributed by atoms with Crippen molar-refractivity contribution in [2.24, 2.45) is 5.73 Å². The van der Waals surface area contributed by atoms with Crippen LogP contribution in [-0.4, -0.2) is 39.8 Å². The molecule has 140 valence electrons. The molecule has 0 amide bonds. The zero-order valence-corrected chi connectivity index (χ0v) is 15.1. The Morgan fingerprint density at radius 2 is 2.07 bits per heavy atom. The molecule has 0 bridgehead atoms. The Hall–Kier alpha value is -3.49. The van der Waals surface area contributed by atoms with E-state index in [1.54, 1.807) is 18.2 Å². The van der Waals surface area contributed by atoms with Crippen molar-refractivity contribution in [2.75, 3.05) is 18.0 Å². The van der Waals surface area contributed by atoms with E-state index in [0.717, 1.165) is 11.2 Å². The molecule has 1 aromatic carbocycles. The van der Waals surface area contributed by atoms with E-state index in [0.29, 0.717) is 48.6 Å². The molecule has 2 atom stereocenters. The van der Waals surface area contributed by atoms with Gasteiger partial charge in [0.15, 0.2) is 0 Å². The Morgan fingerprint density at radius 3 is 2.75 bits per heavy atom. The van der Waals surface area contributed by atoms with Crippen LogP contribution in [-0.2, 0) is 6.54 Å². The van der Waals surface area contributed by atoms with Crippen LogP contribution in [0.2, 0.25) is 0 Å². The molecular formula is C20H18FN7. The number of benzene rings is 1. The second kappa shape index (κ2) is 7.26. The third-order valence-corrected chi connectivity index (χ3v) is 5.01. The van der Waals surface area contributed by atoms with Crippen molar-refractivity contribution in [1.29, 1.82) is 10.5 Å². The molecule has 28 heavy (non-hydrogen) atoms. The minimum atomic E-state index is -1.02. The Kier molecular flexibility index (Phi) is 4.64. The maximum absolute atomic E-state index is 13.8. The monoisotopic (exact) mass is 375 g/mol. The van der Waals surface area contributed by atoms with E-state index in [2.05, 4.69) is 17.1 Å². The minimum absolute atomic E-state index is 0.338. The average Bonchev–Trinajstić information content (AvgIpc) is 3.09. The van der Waals surface area contributed by atoms with Gasteiger partial charge in [-0.3, -0.25) is 4.98 Å². The van der Waals surface area contributed by atoms with Gasteiger partial charge in [0, 0.05) is 19.3 Å². The number of anilines is 1. The first-order valence-corrected chi connectivity index (χ1v) is 8.99.